The standard InChI is InChI=1S/C10H10ClNO3S/c11-8-2-1-6(5-7(8)10(14)15)16-4-3-9(12)13/h1-2,5H,3-4H2,(H2,12,13)(H,14,15). The molecule has 0 aliphatic carbocycles. The fourth-order valence-corrected chi connectivity index (χ4v) is 2.13. The van der Waals surface area contributed by atoms with Crippen molar-refractivity contribution in [3.63, 3.8) is 0 Å². The Balaban J connectivity index is 2.71. The van der Waals surface area contributed by atoms with Crippen LogP contribution in [0.3, 0.4) is 0 Å². The number of halogens is 1. The molecule has 3 N–H and O–H groups in total. The van der Waals surface area contributed by atoms with Crippen LogP contribution in [0.2, 0.25) is 5.02 Å². The average Bonchev–Trinajstić information content (AvgIpc) is 2.19. The molecule has 1 amide bonds. The molecule has 1 rings (SSSR count). The number of amides is 1. The zero-order chi connectivity index (χ0) is 12.1. The van der Waals surface area contributed by atoms with E-state index in [9.17, 15) is 9.59 Å². The monoisotopic (exact) mass is 259 g/mol. The van der Waals surface area contributed by atoms with E-state index in [1.54, 1.807) is 6.07 Å². The number of carbonyl (C=O) groups excluding carboxylic acids is 1. The van der Waals surface area contributed by atoms with Crippen LogP contribution in [-0.2, 0) is 4.79 Å². The molecule has 0 fully saturated rings. The van der Waals surface area contributed by atoms with Gasteiger partial charge >= 0.3 is 5.97 Å². The topological polar surface area (TPSA) is 80.4 Å². The van der Waals surface area contributed by atoms with Gasteiger partial charge in [0.25, 0.3) is 0 Å². The Bertz CT molecular complexity index is 423. The van der Waals surface area contributed by atoms with E-state index in [1.807, 2.05) is 0 Å². The van der Waals surface area contributed by atoms with E-state index in [4.69, 9.17) is 22.4 Å². The highest BCUT2D eigenvalue weighted by molar-refractivity contribution is 7.99. The molecule has 0 radical (unpaired) electrons. The SMILES string of the molecule is NC(=O)CCSc1ccc(Cl)c(C(=O)O)c1. The molecule has 4 nitrogen and oxygen atoms in total. The molecule has 0 aromatic heterocycles. The van der Waals surface area contributed by atoms with E-state index >= 15 is 0 Å². The molecule has 0 saturated heterocycles. The Kier molecular flexibility index (Phi) is 4.64. The second-order valence-electron chi connectivity index (χ2n) is 3.01. The van der Waals surface area contributed by atoms with Gasteiger partial charge in [0.1, 0.15) is 0 Å². The van der Waals surface area contributed by atoms with E-state index < -0.39 is 5.97 Å². The van der Waals surface area contributed by atoms with Gasteiger partial charge in [-0.1, -0.05) is 11.6 Å². The van der Waals surface area contributed by atoms with Crippen molar-refractivity contribution in [3.05, 3.63) is 28.8 Å². The minimum atomic E-state index is -1.07. The molecule has 86 valence electrons. The molecule has 0 atom stereocenters. The molecule has 0 bridgehead atoms. The maximum Gasteiger partial charge on any atom is 0.337 e. The second-order valence-corrected chi connectivity index (χ2v) is 4.59. The van der Waals surface area contributed by atoms with E-state index in [0.29, 0.717) is 5.75 Å². The number of carboxylic acids is 1. The number of carboxylic acid groups (broad SMARTS) is 1. The van der Waals surface area contributed by atoms with Crippen molar-refractivity contribution in [2.24, 2.45) is 5.73 Å². The van der Waals surface area contributed by atoms with Crippen LogP contribution >= 0.6 is 23.4 Å². The first kappa shape index (κ1) is 12.9. The molecule has 0 aliphatic rings. The Hall–Kier alpha value is -1.20. The smallest absolute Gasteiger partial charge is 0.337 e. The van der Waals surface area contributed by atoms with Gasteiger partial charge in [0.05, 0.1) is 10.6 Å². The number of benzene rings is 1. The number of rotatable bonds is 5. The average molecular weight is 260 g/mol. The number of aromatic carboxylic acids is 1. The number of primary amides is 1. The zero-order valence-electron chi connectivity index (χ0n) is 8.27. The molecule has 1 aromatic rings. The Labute approximate surface area is 102 Å². The third-order valence-electron chi connectivity index (χ3n) is 1.79. The van der Waals surface area contributed by atoms with Crippen molar-refractivity contribution in [1.82, 2.24) is 0 Å². The molecule has 0 heterocycles. The van der Waals surface area contributed by atoms with Crippen LogP contribution in [0.5, 0.6) is 0 Å². The van der Waals surface area contributed by atoms with Crippen molar-refractivity contribution in [1.29, 1.82) is 0 Å². The Morgan fingerprint density at radius 1 is 1.44 bits per heavy atom. The largest absolute Gasteiger partial charge is 0.478 e. The third-order valence-corrected chi connectivity index (χ3v) is 3.11. The molecular formula is C10H10ClNO3S. The highest BCUT2D eigenvalue weighted by Gasteiger charge is 2.09. The zero-order valence-corrected chi connectivity index (χ0v) is 9.85. The van der Waals surface area contributed by atoms with Crippen LogP contribution in [0.1, 0.15) is 16.8 Å². The van der Waals surface area contributed by atoms with E-state index in [0.717, 1.165) is 4.90 Å². The second kappa shape index (κ2) is 5.77. The van der Waals surface area contributed by atoms with Crippen molar-refractivity contribution < 1.29 is 14.7 Å². The van der Waals surface area contributed by atoms with Crippen LogP contribution in [0.15, 0.2) is 23.1 Å². The minimum Gasteiger partial charge on any atom is -0.478 e. The van der Waals surface area contributed by atoms with Gasteiger partial charge in [0.15, 0.2) is 0 Å². The van der Waals surface area contributed by atoms with E-state index in [-0.39, 0.29) is 22.9 Å². The molecule has 6 heteroatoms. The van der Waals surface area contributed by atoms with Crippen LogP contribution < -0.4 is 5.73 Å². The predicted octanol–water partition coefficient (Wildman–Crippen LogP) is 2.01. The van der Waals surface area contributed by atoms with Gasteiger partial charge in [-0.2, -0.15) is 0 Å². The predicted molar refractivity (Wildman–Crippen MR) is 62.9 cm³/mol. The summed E-state index contributed by atoms with van der Waals surface area (Å²) in [5.41, 5.74) is 5.05. The van der Waals surface area contributed by atoms with E-state index in [1.165, 1.54) is 23.9 Å². The number of nitrogens with two attached hydrogens (primary N) is 1. The highest BCUT2D eigenvalue weighted by atomic mass is 35.5. The summed E-state index contributed by atoms with van der Waals surface area (Å²) >= 11 is 7.08. The van der Waals surface area contributed by atoms with Crippen LogP contribution in [0.4, 0.5) is 0 Å². The van der Waals surface area contributed by atoms with Crippen molar-refractivity contribution in [2.45, 2.75) is 11.3 Å². The molecule has 16 heavy (non-hydrogen) atoms. The fourth-order valence-electron chi connectivity index (χ4n) is 1.03. The normalized spacial score (nSPS) is 10.1. The van der Waals surface area contributed by atoms with Gasteiger partial charge < -0.3 is 10.8 Å². The summed E-state index contributed by atoms with van der Waals surface area (Å²) < 4.78 is 0. The molecular weight excluding hydrogens is 250 g/mol. The van der Waals surface area contributed by atoms with Crippen LogP contribution in [0, 0.1) is 0 Å². The number of hydrogen-bond donors (Lipinski definition) is 2. The number of hydrogen-bond acceptors (Lipinski definition) is 3. The molecule has 0 unspecified atom stereocenters. The summed E-state index contributed by atoms with van der Waals surface area (Å²) in [5, 5.41) is 9.04. The lowest BCUT2D eigenvalue weighted by molar-refractivity contribution is -0.117. The maximum atomic E-state index is 10.8. The summed E-state index contributed by atoms with van der Waals surface area (Å²) in [5.74, 6) is -0.919. The van der Waals surface area contributed by atoms with Crippen molar-refractivity contribution >= 4 is 35.2 Å². The third kappa shape index (κ3) is 3.75. The number of thioether (sulfide) groups is 1. The maximum absolute atomic E-state index is 10.8. The summed E-state index contributed by atoms with van der Waals surface area (Å²) in [6.07, 6.45) is 0.260. The summed E-state index contributed by atoms with van der Waals surface area (Å²) in [4.78, 5) is 22.1. The lowest BCUT2D eigenvalue weighted by Crippen LogP contribution is -2.10. The first-order valence-electron chi connectivity index (χ1n) is 4.44. The van der Waals surface area contributed by atoms with Crippen LogP contribution in [-0.4, -0.2) is 22.7 Å². The quantitative estimate of drug-likeness (QED) is 0.793. The van der Waals surface area contributed by atoms with Crippen molar-refractivity contribution in [2.75, 3.05) is 5.75 Å². The lowest BCUT2D eigenvalue weighted by Gasteiger charge is -2.03. The van der Waals surface area contributed by atoms with Gasteiger partial charge in [-0.05, 0) is 18.2 Å². The Morgan fingerprint density at radius 2 is 2.12 bits per heavy atom. The lowest BCUT2D eigenvalue weighted by atomic mass is 10.2. The number of carbonyl (C=O) groups is 2. The van der Waals surface area contributed by atoms with Gasteiger partial charge in [-0.15, -0.1) is 11.8 Å². The summed E-state index contributed by atoms with van der Waals surface area (Å²) in [6.45, 7) is 0. The molecule has 1 aromatic carbocycles. The summed E-state index contributed by atoms with van der Waals surface area (Å²) in [7, 11) is 0. The molecule has 0 spiro atoms. The van der Waals surface area contributed by atoms with Gasteiger partial charge in [0, 0.05) is 17.1 Å². The van der Waals surface area contributed by atoms with Crippen molar-refractivity contribution in [3.8, 4) is 0 Å². The molecule has 0 saturated carbocycles. The van der Waals surface area contributed by atoms with Gasteiger partial charge in [-0.25, -0.2) is 4.79 Å². The van der Waals surface area contributed by atoms with E-state index in [2.05, 4.69) is 0 Å². The highest BCUT2D eigenvalue weighted by Crippen LogP contribution is 2.24. The fraction of sp³-hybridized carbons (Fsp3) is 0.200. The first-order chi connectivity index (χ1) is 7.50. The minimum absolute atomic E-state index is 0.0609. The van der Waals surface area contributed by atoms with Gasteiger partial charge in [-0.3, -0.25) is 4.79 Å². The van der Waals surface area contributed by atoms with Gasteiger partial charge in [0.2, 0.25) is 5.91 Å². The first-order valence-corrected chi connectivity index (χ1v) is 5.81. The molecule has 0 aliphatic heterocycles. The Morgan fingerprint density at radius 3 is 2.69 bits per heavy atom. The van der Waals surface area contributed by atoms with Crippen LogP contribution in [0.25, 0.3) is 0 Å². The summed E-state index contributed by atoms with van der Waals surface area (Å²) in [6, 6.07) is 4.72.